The Labute approximate surface area is 106 Å². The summed E-state index contributed by atoms with van der Waals surface area (Å²) >= 11 is 0. The zero-order valence-electron chi connectivity index (χ0n) is 10.9. The van der Waals surface area contributed by atoms with Gasteiger partial charge in [0, 0.05) is 19.7 Å². The number of hydrogen-bond donors (Lipinski definition) is 3. The Kier molecular flexibility index (Phi) is 5.31. The van der Waals surface area contributed by atoms with Crippen LogP contribution in [0.15, 0.2) is 6.07 Å². The van der Waals surface area contributed by atoms with E-state index in [4.69, 9.17) is 10.5 Å². The van der Waals surface area contributed by atoms with Gasteiger partial charge in [-0.1, -0.05) is 0 Å². The molecule has 1 aromatic rings. The minimum atomic E-state index is -0.407. The van der Waals surface area contributed by atoms with Crippen LogP contribution in [0.1, 0.15) is 12.7 Å². The van der Waals surface area contributed by atoms with Gasteiger partial charge in [-0.2, -0.15) is 0 Å². The second kappa shape index (κ2) is 6.75. The van der Waals surface area contributed by atoms with Crippen LogP contribution in [0, 0.1) is 6.92 Å². The van der Waals surface area contributed by atoms with E-state index in [1.807, 2.05) is 0 Å². The number of amides is 1. The maximum Gasteiger partial charge on any atom is 0.242 e. The maximum atomic E-state index is 11.7. The number of nitrogens with zero attached hydrogens (tertiary/aromatic N) is 2. The summed E-state index contributed by atoms with van der Waals surface area (Å²) in [5, 5.41) is 5.70. The molecule has 1 heterocycles. The lowest BCUT2D eigenvalue weighted by Crippen LogP contribution is -2.39. The Morgan fingerprint density at radius 3 is 2.89 bits per heavy atom. The highest BCUT2D eigenvalue weighted by Crippen LogP contribution is 2.08. The van der Waals surface area contributed by atoms with Crippen molar-refractivity contribution in [3.8, 4) is 0 Å². The highest BCUT2D eigenvalue weighted by Gasteiger charge is 2.12. The molecule has 0 radical (unpaired) electrons. The van der Waals surface area contributed by atoms with Crippen LogP contribution < -0.4 is 16.4 Å². The molecular weight excluding hydrogens is 234 g/mol. The predicted octanol–water partition coefficient (Wildman–Crippen LogP) is -0.0698. The summed E-state index contributed by atoms with van der Waals surface area (Å²) in [5.74, 6) is 1.35. The van der Waals surface area contributed by atoms with Crippen molar-refractivity contribution in [2.24, 2.45) is 0 Å². The summed E-state index contributed by atoms with van der Waals surface area (Å²) < 4.78 is 4.85. The number of aromatic nitrogens is 2. The largest absolute Gasteiger partial charge is 0.384 e. The first-order valence-corrected chi connectivity index (χ1v) is 5.67. The van der Waals surface area contributed by atoms with Crippen LogP contribution in [-0.4, -0.2) is 42.2 Å². The van der Waals surface area contributed by atoms with Crippen molar-refractivity contribution in [3.05, 3.63) is 11.9 Å². The quantitative estimate of drug-likeness (QED) is 0.613. The van der Waals surface area contributed by atoms with Gasteiger partial charge in [0.2, 0.25) is 5.91 Å². The fourth-order valence-electron chi connectivity index (χ4n) is 1.38. The molecule has 1 rings (SSSR count). The van der Waals surface area contributed by atoms with Crippen molar-refractivity contribution in [1.29, 1.82) is 0 Å². The van der Waals surface area contributed by atoms with Crippen molar-refractivity contribution < 1.29 is 9.53 Å². The van der Waals surface area contributed by atoms with Crippen LogP contribution in [-0.2, 0) is 9.53 Å². The highest BCUT2D eigenvalue weighted by atomic mass is 16.5. The number of methoxy groups -OCH3 is 1. The van der Waals surface area contributed by atoms with E-state index >= 15 is 0 Å². The van der Waals surface area contributed by atoms with Gasteiger partial charge in [-0.15, -0.1) is 0 Å². The van der Waals surface area contributed by atoms with Crippen LogP contribution in [0.2, 0.25) is 0 Å². The first-order chi connectivity index (χ1) is 8.52. The van der Waals surface area contributed by atoms with Crippen molar-refractivity contribution in [2.75, 3.05) is 31.3 Å². The number of carbonyl (C=O) groups is 1. The molecule has 18 heavy (non-hydrogen) atoms. The molecule has 0 saturated carbocycles. The Hall–Kier alpha value is -1.89. The standard InChI is InChI=1S/C11H19N5O2/c1-7(11(17)13-4-5-18-3)14-10-6-9(12)15-8(2)16-10/h6-7H,4-5H2,1-3H3,(H,13,17)(H3,12,14,15,16). The molecule has 0 aliphatic rings. The normalized spacial score (nSPS) is 11.9. The lowest BCUT2D eigenvalue weighted by molar-refractivity contribution is -0.121. The molecule has 1 unspecified atom stereocenters. The van der Waals surface area contributed by atoms with Crippen molar-refractivity contribution in [2.45, 2.75) is 19.9 Å². The lowest BCUT2D eigenvalue weighted by atomic mass is 10.3. The van der Waals surface area contributed by atoms with Crippen LogP contribution in [0.3, 0.4) is 0 Å². The molecule has 0 fully saturated rings. The van der Waals surface area contributed by atoms with Gasteiger partial charge >= 0.3 is 0 Å². The van der Waals surface area contributed by atoms with Gasteiger partial charge in [0.1, 0.15) is 23.5 Å². The SMILES string of the molecule is COCCNC(=O)C(C)Nc1cc(N)nc(C)n1. The number of carbonyl (C=O) groups excluding carboxylic acids is 1. The molecule has 1 atom stereocenters. The number of anilines is 2. The van der Waals surface area contributed by atoms with Gasteiger partial charge in [0.05, 0.1) is 6.61 Å². The number of rotatable bonds is 6. The first kappa shape index (κ1) is 14.2. The molecule has 0 spiro atoms. The first-order valence-electron chi connectivity index (χ1n) is 5.67. The van der Waals surface area contributed by atoms with Gasteiger partial charge in [-0.3, -0.25) is 4.79 Å². The lowest BCUT2D eigenvalue weighted by Gasteiger charge is -2.14. The van der Waals surface area contributed by atoms with E-state index in [-0.39, 0.29) is 5.91 Å². The molecule has 7 nitrogen and oxygen atoms in total. The third-order valence-corrected chi connectivity index (χ3v) is 2.22. The number of nitrogen functional groups attached to an aromatic ring is 1. The van der Waals surface area contributed by atoms with Gasteiger partial charge in [-0.25, -0.2) is 9.97 Å². The summed E-state index contributed by atoms with van der Waals surface area (Å²) in [4.78, 5) is 19.8. The van der Waals surface area contributed by atoms with Crippen molar-refractivity contribution >= 4 is 17.5 Å². The molecule has 100 valence electrons. The second-order valence-corrected chi connectivity index (χ2v) is 3.88. The van der Waals surface area contributed by atoms with E-state index in [0.717, 1.165) is 0 Å². The van der Waals surface area contributed by atoms with Crippen LogP contribution in [0.5, 0.6) is 0 Å². The average molecular weight is 253 g/mol. The minimum Gasteiger partial charge on any atom is -0.384 e. The maximum absolute atomic E-state index is 11.7. The summed E-state index contributed by atoms with van der Waals surface area (Å²) in [6.07, 6.45) is 0. The monoisotopic (exact) mass is 253 g/mol. The van der Waals surface area contributed by atoms with Crippen molar-refractivity contribution in [1.82, 2.24) is 15.3 Å². The zero-order chi connectivity index (χ0) is 13.5. The fourth-order valence-corrected chi connectivity index (χ4v) is 1.38. The average Bonchev–Trinajstić information content (AvgIpc) is 2.27. The summed E-state index contributed by atoms with van der Waals surface area (Å²) in [7, 11) is 1.58. The number of nitrogens with two attached hydrogens (primary N) is 1. The molecule has 4 N–H and O–H groups in total. The topological polar surface area (TPSA) is 102 Å². The molecule has 1 amide bonds. The van der Waals surface area contributed by atoms with E-state index in [0.29, 0.717) is 30.6 Å². The van der Waals surface area contributed by atoms with Crippen LogP contribution in [0.25, 0.3) is 0 Å². The summed E-state index contributed by atoms with van der Waals surface area (Å²) in [5.41, 5.74) is 5.60. The van der Waals surface area contributed by atoms with E-state index in [2.05, 4.69) is 20.6 Å². The van der Waals surface area contributed by atoms with Gasteiger partial charge < -0.3 is 21.1 Å². The van der Waals surface area contributed by atoms with Gasteiger partial charge in [0.25, 0.3) is 0 Å². The van der Waals surface area contributed by atoms with Crippen LogP contribution >= 0.6 is 0 Å². The van der Waals surface area contributed by atoms with E-state index in [9.17, 15) is 4.79 Å². The minimum absolute atomic E-state index is 0.123. The Balaban J connectivity index is 2.52. The van der Waals surface area contributed by atoms with Crippen LogP contribution in [0.4, 0.5) is 11.6 Å². The fraction of sp³-hybridized carbons (Fsp3) is 0.545. The molecule has 0 aromatic carbocycles. The number of aryl methyl sites for hydroxylation is 1. The van der Waals surface area contributed by atoms with Gasteiger partial charge in [-0.05, 0) is 13.8 Å². The summed E-state index contributed by atoms with van der Waals surface area (Å²) in [6, 6.07) is 1.18. The summed E-state index contributed by atoms with van der Waals surface area (Å²) in [6.45, 7) is 4.45. The van der Waals surface area contributed by atoms with E-state index < -0.39 is 6.04 Å². The molecule has 0 aliphatic carbocycles. The number of hydrogen-bond acceptors (Lipinski definition) is 6. The van der Waals surface area contributed by atoms with E-state index in [1.165, 1.54) is 0 Å². The van der Waals surface area contributed by atoms with Crippen molar-refractivity contribution in [3.63, 3.8) is 0 Å². The predicted molar refractivity (Wildman–Crippen MR) is 69.2 cm³/mol. The molecule has 0 aliphatic heterocycles. The second-order valence-electron chi connectivity index (χ2n) is 3.88. The molecular formula is C11H19N5O2. The Morgan fingerprint density at radius 2 is 2.28 bits per heavy atom. The molecule has 0 bridgehead atoms. The van der Waals surface area contributed by atoms with Gasteiger partial charge in [0.15, 0.2) is 0 Å². The molecule has 7 heteroatoms. The third-order valence-electron chi connectivity index (χ3n) is 2.22. The van der Waals surface area contributed by atoms with E-state index in [1.54, 1.807) is 27.0 Å². The highest BCUT2D eigenvalue weighted by molar-refractivity contribution is 5.83. The smallest absolute Gasteiger partial charge is 0.242 e. The zero-order valence-corrected chi connectivity index (χ0v) is 10.9. The molecule has 1 aromatic heterocycles. The number of nitrogens with one attached hydrogen (secondary N) is 2. The number of ether oxygens (including phenoxy) is 1. The third kappa shape index (κ3) is 4.54. The Morgan fingerprint density at radius 1 is 1.56 bits per heavy atom. The Bertz CT molecular complexity index is 390. The molecule has 0 saturated heterocycles.